The number of nitrogens with zero attached hydrogens (tertiary/aromatic N) is 3. The van der Waals surface area contributed by atoms with Gasteiger partial charge in [0.25, 0.3) is 0 Å². The van der Waals surface area contributed by atoms with Crippen LogP contribution in [0.4, 0.5) is 0 Å². The molecule has 5 heteroatoms. The molecule has 0 bridgehead atoms. The SMILES string of the molecule is N#Cc1cc(-n2c3ccccc3c3cc4oc5ccccc5c4cc32)ccc1-c1cccc(-n2c3ccccc3c3cc4oc5ccccc5c4cc32)c1. The van der Waals surface area contributed by atoms with Gasteiger partial charge in [-0.3, -0.25) is 0 Å². The van der Waals surface area contributed by atoms with Gasteiger partial charge < -0.3 is 18.0 Å². The molecule has 0 aliphatic rings. The van der Waals surface area contributed by atoms with Crippen molar-refractivity contribution in [2.24, 2.45) is 0 Å². The number of aromatic nitrogens is 2. The topological polar surface area (TPSA) is 59.9 Å². The first-order chi connectivity index (χ1) is 26.7. The van der Waals surface area contributed by atoms with Gasteiger partial charge in [-0.05, 0) is 83.9 Å². The number of benzene rings is 8. The highest BCUT2D eigenvalue weighted by Crippen LogP contribution is 2.41. The van der Waals surface area contributed by atoms with Crippen LogP contribution in [0.25, 0.3) is 110 Å². The molecule has 0 unspecified atom stereocenters. The van der Waals surface area contributed by atoms with Gasteiger partial charge in [-0.15, -0.1) is 0 Å². The molecule has 0 aliphatic carbocycles. The molecule has 0 atom stereocenters. The molecule has 0 saturated heterocycles. The fraction of sp³-hybridized carbons (Fsp3) is 0. The van der Waals surface area contributed by atoms with E-state index in [9.17, 15) is 5.26 Å². The molecule has 8 aromatic carbocycles. The number of hydrogen-bond acceptors (Lipinski definition) is 3. The summed E-state index contributed by atoms with van der Waals surface area (Å²) in [5.74, 6) is 0. The molecule has 12 rings (SSSR count). The maximum atomic E-state index is 10.7. The van der Waals surface area contributed by atoms with Crippen molar-refractivity contribution in [3.8, 4) is 28.6 Å². The lowest BCUT2D eigenvalue weighted by atomic mass is 9.99. The molecular formula is C49H27N3O2. The molecule has 250 valence electrons. The Morgan fingerprint density at radius 3 is 1.46 bits per heavy atom. The van der Waals surface area contributed by atoms with Crippen molar-refractivity contribution in [2.45, 2.75) is 0 Å². The van der Waals surface area contributed by atoms with E-state index in [1.54, 1.807) is 0 Å². The lowest BCUT2D eigenvalue weighted by molar-refractivity contribution is 0.669. The molecule has 0 aliphatic heterocycles. The largest absolute Gasteiger partial charge is 0.456 e. The van der Waals surface area contributed by atoms with E-state index in [0.29, 0.717) is 5.56 Å². The third-order valence-electron chi connectivity index (χ3n) is 11.1. The van der Waals surface area contributed by atoms with Crippen LogP contribution in [0, 0.1) is 11.3 Å². The van der Waals surface area contributed by atoms with Crippen LogP contribution in [0.3, 0.4) is 0 Å². The lowest BCUT2D eigenvalue weighted by Crippen LogP contribution is -1.97. The summed E-state index contributed by atoms with van der Waals surface area (Å²) in [5, 5.41) is 19.6. The van der Waals surface area contributed by atoms with Crippen LogP contribution in [0.15, 0.2) is 173 Å². The van der Waals surface area contributed by atoms with E-state index in [2.05, 4.69) is 143 Å². The van der Waals surface area contributed by atoms with Crippen LogP contribution in [0.2, 0.25) is 0 Å². The quantitative estimate of drug-likeness (QED) is 0.185. The van der Waals surface area contributed by atoms with E-state index >= 15 is 0 Å². The van der Waals surface area contributed by atoms with Crippen molar-refractivity contribution >= 4 is 87.5 Å². The van der Waals surface area contributed by atoms with Crippen molar-refractivity contribution in [1.82, 2.24) is 9.13 Å². The number of rotatable bonds is 3. The molecule has 54 heavy (non-hydrogen) atoms. The summed E-state index contributed by atoms with van der Waals surface area (Å²) in [6.07, 6.45) is 0. The van der Waals surface area contributed by atoms with Gasteiger partial charge in [-0.2, -0.15) is 5.26 Å². The summed E-state index contributed by atoms with van der Waals surface area (Å²) >= 11 is 0. The number of furan rings is 2. The Balaban J connectivity index is 1.04. The minimum absolute atomic E-state index is 0.610. The maximum absolute atomic E-state index is 10.7. The summed E-state index contributed by atoms with van der Waals surface area (Å²) < 4.78 is 17.2. The Bertz CT molecular complexity index is 3590. The van der Waals surface area contributed by atoms with Crippen LogP contribution in [0.1, 0.15) is 5.56 Å². The first-order valence-corrected chi connectivity index (χ1v) is 18.1. The molecule has 0 spiro atoms. The third-order valence-corrected chi connectivity index (χ3v) is 11.1. The van der Waals surface area contributed by atoms with E-state index in [-0.39, 0.29) is 0 Å². The standard InChI is InChI=1S/C49H27N3O2/c50-28-30-23-32(52-43-17-6-2-13-35(43)39-27-49-41(25-45(39)52)37-15-4-8-19-47(37)54-49)20-21-33(30)29-10-9-11-31(22-29)51-42-16-5-1-12-34(42)38-26-48-40(24-44(38)51)36-14-3-7-18-46(36)53-48/h1-27H. The second-order valence-corrected chi connectivity index (χ2v) is 14.0. The van der Waals surface area contributed by atoms with Crippen molar-refractivity contribution in [3.63, 3.8) is 0 Å². The third kappa shape index (κ3) is 3.97. The van der Waals surface area contributed by atoms with Crippen LogP contribution < -0.4 is 0 Å². The minimum atomic E-state index is 0.610. The fourth-order valence-electron chi connectivity index (χ4n) is 8.76. The Kier molecular flexibility index (Phi) is 5.78. The summed E-state index contributed by atoms with van der Waals surface area (Å²) in [7, 11) is 0. The van der Waals surface area contributed by atoms with Gasteiger partial charge in [0.05, 0.1) is 33.7 Å². The van der Waals surface area contributed by atoms with Crippen LogP contribution in [-0.2, 0) is 0 Å². The Labute approximate surface area is 307 Å². The molecule has 4 heterocycles. The normalized spacial score (nSPS) is 12.1. The fourth-order valence-corrected chi connectivity index (χ4v) is 8.76. The van der Waals surface area contributed by atoms with Gasteiger partial charge in [0.15, 0.2) is 0 Å². The van der Waals surface area contributed by atoms with Crippen molar-refractivity contribution < 1.29 is 8.83 Å². The highest BCUT2D eigenvalue weighted by atomic mass is 16.3. The minimum Gasteiger partial charge on any atom is -0.456 e. The molecule has 0 saturated carbocycles. The smallest absolute Gasteiger partial charge is 0.136 e. The zero-order valence-electron chi connectivity index (χ0n) is 28.7. The van der Waals surface area contributed by atoms with Gasteiger partial charge in [0.2, 0.25) is 0 Å². The molecule has 0 fully saturated rings. The van der Waals surface area contributed by atoms with Crippen LogP contribution >= 0.6 is 0 Å². The van der Waals surface area contributed by atoms with E-state index in [1.165, 1.54) is 0 Å². The van der Waals surface area contributed by atoms with Gasteiger partial charge in [0, 0.05) is 54.5 Å². The molecule has 5 nitrogen and oxygen atoms in total. The zero-order chi connectivity index (χ0) is 35.5. The Hall–Kier alpha value is -7.55. The number of hydrogen-bond donors (Lipinski definition) is 0. The average Bonchev–Trinajstić information content (AvgIpc) is 3.96. The van der Waals surface area contributed by atoms with Crippen LogP contribution in [0.5, 0.6) is 0 Å². The van der Waals surface area contributed by atoms with Crippen molar-refractivity contribution in [3.05, 3.63) is 169 Å². The summed E-state index contributed by atoms with van der Waals surface area (Å²) in [4.78, 5) is 0. The Morgan fingerprint density at radius 1 is 0.370 bits per heavy atom. The first kappa shape index (κ1) is 29.1. The van der Waals surface area contributed by atoms with Gasteiger partial charge in [0.1, 0.15) is 22.3 Å². The Morgan fingerprint density at radius 2 is 0.889 bits per heavy atom. The first-order valence-electron chi connectivity index (χ1n) is 18.1. The number of fused-ring (bicyclic) bond motifs is 12. The molecule has 4 aromatic heterocycles. The van der Waals surface area contributed by atoms with Gasteiger partial charge >= 0.3 is 0 Å². The zero-order valence-corrected chi connectivity index (χ0v) is 28.7. The van der Waals surface area contributed by atoms with E-state index in [1.807, 2.05) is 36.4 Å². The van der Waals surface area contributed by atoms with E-state index in [4.69, 9.17) is 8.83 Å². The maximum Gasteiger partial charge on any atom is 0.136 e. The van der Waals surface area contributed by atoms with Crippen molar-refractivity contribution in [1.29, 1.82) is 5.26 Å². The molecule has 0 amide bonds. The van der Waals surface area contributed by atoms with Crippen molar-refractivity contribution in [2.75, 3.05) is 0 Å². The van der Waals surface area contributed by atoms with Crippen LogP contribution in [-0.4, -0.2) is 9.13 Å². The van der Waals surface area contributed by atoms with Gasteiger partial charge in [-0.1, -0.05) is 91.0 Å². The second-order valence-electron chi connectivity index (χ2n) is 14.0. The number of para-hydroxylation sites is 4. The predicted octanol–water partition coefficient (Wildman–Crippen LogP) is 13.2. The molecule has 0 radical (unpaired) electrons. The summed E-state index contributed by atoms with van der Waals surface area (Å²) in [6, 6.07) is 59.4. The monoisotopic (exact) mass is 689 g/mol. The molecular weight excluding hydrogens is 663 g/mol. The van der Waals surface area contributed by atoms with E-state index < -0.39 is 0 Å². The summed E-state index contributed by atoms with van der Waals surface area (Å²) in [5.41, 5.74) is 12.3. The highest BCUT2D eigenvalue weighted by molar-refractivity contribution is 6.18. The molecule has 12 aromatic rings. The molecule has 0 N–H and O–H groups in total. The highest BCUT2D eigenvalue weighted by Gasteiger charge is 2.19. The predicted molar refractivity (Wildman–Crippen MR) is 220 cm³/mol. The lowest BCUT2D eigenvalue weighted by Gasteiger charge is -2.13. The van der Waals surface area contributed by atoms with Gasteiger partial charge in [-0.25, -0.2) is 0 Å². The average molecular weight is 690 g/mol. The number of nitriles is 1. The second kappa shape index (κ2) is 10.7. The summed E-state index contributed by atoms with van der Waals surface area (Å²) in [6.45, 7) is 0. The van der Waals surface area contributed by atoms with E-state index in [0.717, 1.165) is 110 Å².